The molecule has 2 rings (SSSR count). The van der Waals surface area contributed by atoms with Crippen LogP contribution in [0.5, 0.6) is 0 Å². The van der Waals surface area contributed by atoms with Crippen LogP contribution in [0.2, 0.25) is 5.04 Å². The molecule has 0 amide bonds. The predicted molar refractivity (Wildman–Crippen MR) is 163 cm³/mol. The van der Waals surface area contributed by atoms with Gasteiger partial charge in [0, 0.05) is 9.52 Å². The molecule has 0 spiro atoms. The van der Waals surface area contributed by atoms with Gasteiger partial charge in [-0.1, -0.05) is 173 Å². The Morgan fingerprint density at radius 1 is 0.744 bits per heavy atom. The molecule has 5 heteroatoms. The van der Waals surface area contributed by atoms with E-state index >= 15 is 0 Å². The van der Waals surface area contributed by atoms with Gasteiger partial charge in [-0.25, -0.2) is 6.07 Å². The molecule has 0 heterocycles. The van der Waals surface area contributed by atoms with Crippen molar-refractivity contribution in [1.29, 1.82) is 0 Å². The summed E-state index contributed by atoms with van der Waals surface area (Å²) < 4.78 is 0. The van der Waals surface area contributed by atoms with Gasteiger partial charge in [-0.3, -0.25) is 0 Å². The molecular formula is C34H59Cl3SiTi. The van der Waals surface area contributed by atoms with Crippen molar-refractivity contribution in [2.45, 2.75) is 161 Å². The number of rotatable bonds is 19. The zero-order valence-electron chi connectivity index (χ0n) is 26.0. The van der Waals surface area contributed by atoms with Gasteiger partial charge in [0.05, 0.1) is 0 Å². The van der Waals surface area contributed by atoms with Gasteiger partial charge < -0.3 is 37.2 Å². The van der Waals surface area contributed by atoms with Crippen LogP contribution in [0.1, 0.15) is 155 Å². The molecule has 224 valence electrons. The van der Waals surface area contributed by atoms with Crippen LogP contribution >= 0.6 is 0 Å². The third-order valence-electron chi connectivity index (χ3n) is 8.18. The second-order valence-electron chi connectivity index (χ2n) is 12.9. The van der Waals surface area contributed by atoms with Crippen molar-refractivity contribution in [3.8, 4) is 0 Å². The molecule has 39 heavy (non-hydrogen) atoms. The molecule has 0 N–H and O–H groups in total. The Labute approximate surface area is 280 Å². The Morgan fingerprint density at radius 3 is 1.62 bits per heavy atom. The third kappa shape index (κ3) is 18.7. The molecule has 1 aromatic carbocycles. The standard InChI is InChI=1S/C34H59Si.3ClH.Ti/c1-6-7-8-9-10-11-12-13-14-15-16-17-18-19-20-22-25-30-31(33(2,3)4)26-27-32(30)35-34(5)28-23-21-24-29-34;;;;/h21,23-24,26-28H,6-20,22,25,29,35H2,1-5H3;3*1H;/q-1;;;;+4/p-3. The van der Waals surface area contributed by atoms with Crippen molar-refractivity contribution >= 4 is 14.7 Å². The van der Waals surface area contributed by atoms with E-state index in [0.717, 1.165) is 0 Å². The van der Waals surface area contributed by atoms with Crippen LogP contribution in [0.3, 0.4) is 0 Å². The largest absolute Gasteiger partial charge is 4.00 e. The van der Waals surface area contributed by atoms with Gasteiger partial charge in [0.15, 0.2) is 0 Å². The maximum atomic E-state index is 2.51. The molecule has 0 fully saturated rings. The van der Waals surface area contributed by atoms with E-state index in [-0.39, 0.29) is 73.9 Å². The second kappa shape index (κ2) is 25.2. The van der Waals surface area contributed by atoms with E-state index in [1.54, 1.807) is 16.3 Å². The summed E-state index contributed by atoms with van der Waals surface area (Å²) in [5.41, 5.74) is 3.62. The minimum Gasteiger partial charge on any atom is -1.00 e. The minimum absolute atomic E-state index is 0. The molecule has 0 saturated carbocycles. The summed E-state index contributed by atoms with van der Waals surface area (Å²) in [7, 11) is -0.325. The van der Waals surface area contributed by atoms with Gasteiger partial charge in [-0.05, 0) is 11.5 Å². The summed E-state index contributed by atoms with van der Waals surface area (Å²) in [4.78, 5) is 0. The van der Waals surface area contributed by atoms with Gasteiger partial charge in [-0.2, -0.15) is 22.4 Å². The Bertz CT molecular complexity index is 750. The van der Waals surface area contributed by atoms with E-state index in [9.17, 15) is 0 Å². The van der Waals surface area contributed by atoms with Crippen molar-refractivity contribution in [2.75, 3.05) is 0 Å². The molecule has 1 atom stereocenters. The number of hydrogen-bond donors (Lipinski definition) is 0. The smallest absolute Gasteiger partial charge is 1.00 e. The molecule has 1 aliphatic rings. The first-order valence-corrected chi connectivity index (χ1v) is 16.9. The number of unbranched alkanes of at least 4 members (excludes halogenated alkanes) is 15. The van der Waals surface area contributed by atoms with Crippen LogP contribution in [0.15, 0.2) is 36.4 Å². The average Bonchev–Trinajstić information content (AvgIpc) is 3.21. The zero-order valence-corrected chi connectivity index (χ0v) is 31.3. The van der Waals surface area contributed by atoms with Crippen molar-refractivity contribution in [3.05, 3.63) is 47.6 Å². The Balaban J connectivity index is -0.00000324. The normalized spacial score (nSPS) is 16.4. The maximum Gasteiger partial charge on any atom is 4.00 e. The van der Waals surface area contributed by atoms with Crippen LogP contribution < -0.4 is 42.4 Å². The number of hydrogen-bond acceptors (Lipinski definition) is 0. The first kappa shape index (κ1) is 44.1. The van der Waals surface area contributed by atoms with Crippen molar-refractivity contribution in [1.82, 2.24) is 0 Å². The maximum absolute atomic E-state index is 2.51. The van der Waals surface area contributed by atoms with E-state index in [4.69, 9.17) is 0 Å². The SMILES string of the molecule is CCCCCCCCCCCCCCCCCCc1c(C(C)(C)C)cc[c-]1[SiH2]C1(C)C=CC=CC1.[Cl-].[Cl-].[Cl-].[Ti+4]. The van der Waals surface area contributed by atoms with Crippen LogP contribution in [0.4, 0.5) is 0 Å². The summed E-state index contributed by atoms with van der Waals surface area (Å²) in [5, 5.41) is 2.17. The number of allylic oxidation sites excluding steroid dienone is 4. The molecule has 0 radical (unpaired) electrons. The molecule has 1 aliphatic carbocycles. The molecule has 0 aromatic heterocycles. The summed E-state index contributed by atoms with van der Waals surface area (Å²) in [6.07, 6.45) is 35.0. The topological polar surface area (TPSA) is 0 Å². The summed E-state index contributed by atoms with van der Waals surface area (Å²) in [6.45, 7) is 12.0. The first-order chi connectivity index (χ1) is 16.9. The summed E-state index contributed by atoms with van der Waals surface area (Å²) in [5.74, 6) is 0. The van der Waals surface area contributed by atoms with Crippen LogP contribution in [-0.4, -0.2) is 9.52 Å². The fourth-order valence-corrected chi connectivity index (χ4v) is 8.16. The fraction of sp³-hybridized carbons (Fsp3) is 0.735. The third-order valence-corrected chi connectivity index (χ3v) is 10.6. The number of halogens is 3. The summed E-state index contributed by atoms with van der Waals surface area (Å²) >= 11 is 0. The van der Waals surface area contributed by atoms with E-state index < -0.39 is 0 Å². The van der Waals surface area contributed by atoms with E-state index in [1.165, 1.54) is 116 Å². The molecule has 0 bridgehead atoms. The van der Waals surface area contributed by atoms with Crippen molar-refractivity contribution in [3.63, 3.8) is 0 Å². The fourth-order valence-electron chi connectivity index (χ4n) is 5.91. The summed E-state index contributed by atoms with van der Waals surface area (Å²) in [6, 6.07) is 4.97. The minimum atomic E-state index is -0.325. The van der Waals surface area contributed by atoms with E-state index in [1.807, 2.05) is 0 Å². The van der Waals surface area contributed by atoms with Gasteiger partial charge in [0.1, 0.15) is 0 Å². The van der Waals surface area contributed by atoms with E-state index in [0.29, 0.717) is 5.04 Å². The first-order valence-electron chi connectivity index (χ1n) is 15.5. The van der Waals surface area contributed by atoms with Crippen molar-refractivity contribution < 1.29 is 58.9 Å². The van der Waals surface area contributed by atoms with Crippen LogP contribution in [0, 0.1) is 0 Å². The van der Waals surface area contributed by atoms with E-state index in [2.05, 4.69) is 71.1 Å². The molecule has 0 aliphatic heterocycles. The molecule has 0 saturated heterocycles. The Morgan fingerprint density at radius 2 is 1.21 bits per heavy atom. The van der Waals surface area contributed by atoms with Gasteiger partial charge in [0.25, 0.3) is 0 Å². The van der Waals surface area contributed by atoms with Gasteiger partial charge in [-0.15, -0.1) is 0 Å². The molecule has 1 aromatic rings. The Hall–Kier alpha value is 0.631. The molecule has 1 unspecified atom stereocenters. The quantitative estimate of drug-likeness (QED) is 0.119. The second-order valence-corrected chi connectivity index (χ2v) is 15.6. The van der Waals surface area contributed by atoms with Crippen LogP contribution in [-0.2, 0) is 33.6 Å². The molecule has 0 nitrogen and oxygen atoms in total. The molecular weight excluding hydrogens is 591 g/mol. The van der Waals surface area contributed by atoms with Crippen molar-refractivity contribution in [2.24, 2.45) is 0 Å². The zero-order chi connectivity index (χ0) is 25.4. The van der Waals surface area contributed by atoms with Gasteiger partial charge in [0.2, 0.25) is 0 Å². The Kier molecular flexibility index (Phi) is 28.4. The van der Waals surface area contributed by atoms with Crippen LogP contribution in [0.25, 0.3) is 0 Å². The average molecular weight is 650 g/mol. The van der Waals surface area contributed by atoms with Gasteiger partial charge >= 0.3 is 21.7 Å². The monoisotopic (exact) mass is 648 g/mol. The predicted octanol–water partition coefficient (Wildman–Crippen LogP) is 1.01.